The molecule has 0 radical (unpaired) electrons. The smallest absolute Gasteiger partial charge is 0.274 e. The summed E-state index contributed by atoms with van der Waals surface area (Å²) in [7, 11) is 3.09. The van der Waals surface area contributed by atoms with Gasteiger partial charge < -0.3 is 19.8 Å². The van der Waals surface area contributed by atoms with E-state index in [1.807, 2.05) is 24.3 Å². The number of benzene rings is 2. The maximum atomic E-state index is 12.5. The van der Waals surface area contributed by atoms with E-state index in [1.165, 1.54) is 7.11 Å². The molecule has 144 valence electrons. The van der Waals surface area contributed by atoms with Crippen LogP contribution in [-0.2, 0) is 6.42 Å². The summed E-state index contributed by atoms with van der Waals surface area (Å²) in [6.07, 6.45) is 0.370. The van der Waals surface area contributed by atoms with Crippen LogP contribution < -0.4 is 20.3 Å². The number of ether oxygens (including phenoxy) is 2. The molecule has 0 fully saturated rings. The summed E-state index contributed by atoms with van der Waals surface area (Å²) >= 11 is 6.07. The number of nitrogens with zero attached hydrogens (tertiary/aromatic N) is 1. The van der Waals surface area contributed by atoms with E-state index in [1.54, 1.807) is 25.3 Å². The topological polar surface area (TPSA) is 93.3 Å². The number of halogens is 1. The Morgan fingerprint density at radius 3 is 2.50 bits per heavy atom. The Morgan fingerprint density at radius 1 is 1.11 bits per heavy atom. The van der Waals surface area contributed by atoms with E-state index >= 15 is 0 Å². The van der Waals surface area contributed by atoms with Gasteiger partial charge in [-0.25, -0.2) is 4.98 Å². The lowest BCUT2D eigenvalue weighted by Crippen LogP contribution is -2.20. The van der Waals surface area contributed by atoms with Crippen LogP contribution in [0, 0.1) is 0 Å². The van der Waals surface area contributed by atoms with E-state index in [0.29, 0.717) is 28.7 Å². The van der Waals surface area contributed by atoms with Gasteiger partial charge in [0.2, 0.25) is 0 Å². The van der Waals surface area contributed by atoms with Gasteiger partial charge in [-0.05, 0) is 35.9 Å². The maximum absolute atomic E-state index is 12.5. The van der Waals surface area contributed by atoms with Crippen LogP contribution in [-0.4, -0.2) is 30.1 Å². The number of rotatable bonds is 6. The van der Waals surface area contributed by atoms with Crippen molar-refractivity contribution in [1.29, 1.82) is 0 Å². The predicted octanol–water partition coefficient (Wildman–Crippen LogP) is 3.28. The van der Waals surface area contributed by atoms with Crippen molar-refractivity contribution in [2.75, 3.05) is 19.5 Å². The Morgan fingerprint density at radius 2 is 1.86 bits per heavy atom. The number of methoxy groups -OCH3 is 2. The third-order valence-electron chi connectivity index (χ3n) is 3.96. The van der Waals surface area contributed by atoms with Gasteiger partial charge in [0.25, 0.3) is 11.5 Å². The van der Waals surface area contributed by atoms with Crippen LogP contribution in [0.2, 0.25) is 5.02 Å². The molecule has 0 aliphatic rings. The highest BCUT2D eigenvalue weighted by Gasteiger charge is 2.12. The summed E-state index contributed by atoms with van der Waals surface area (Å²) in [5.41, 5.74) is 0.994. The molecule has 1 heterocycles. The van der Waals surface area contributed by atoms with E-state index in [2.05, 4.69) is 15.3 Å². The van der Waals surface area contributed by atoms with Crippen LogP contribution in [0.25, 0.3) is 0 Å². The highest BCUT2D eigenvalue weighted by molar-refractivity contribution is 6.32. The zero-order valence-corrected chi connectivity index (χ0v) is 16.0. The number of carbonyl (C=O) groups is 1. The second kappa shape index (κ2) is 8.58. The van der Waals surface area contributed by atoms with Crippen LogP contribution in [0.5, 0.6) is 11.5 Å². The van der Waals surface area contributed by atoms with Gasteiger partial charge in [-0.1, -0.05) is 23.7 Å². The van der Waals surface area contributed by atoms with Crippen molar-refractivity contribution >= 4 is 23.2 Å². The number of nitrogens with one attached hydrogen (secondary N) is 2. The van der Waals surface area contributed by atoms with Gasteiger partial charge in [0.15, 0.2) is 0 Å². The monoisotopic (exact) mass is 399 g/mol. The molecule has 7 nitrogen and oxygen atoms in total. The van der Waals surface area contributed by atoms with Gasteiger partial charge in [0, 0.05) is 18.2 Å². The van der Waals surface area contributed by atoms with E-state index < -0.39 is 11.5 Å². The number of amides is 1. The molecule has 0 saturated heterocycles. The average Bonchev–Trinajstić information content (AvgIpc) is 2.68. The molecule has 1 amide bonds. The van der Waals surface area contributed by atoms with E-state index in [9.17, 15) is 9.59 Å². The van der Waals surface area contributed by atoms with Crippen molar-refractivity contribution in [2.45, 2.75) is 6.42 Å². The van der Waals surface area contributed by atoms with E-state index in [-0.39, 0.29) is 5.69 Å². The van der Waals surface area contributed by atoms with Crippen molar-refractivity contribution in [3.05, 3.63) is 81.0 Å². The number of H-pyrrole nitrogens is 1. The van der Waals surface area contributed by atoms with Crippen molar-refractivity contribution in [2.24, 2.45) is 0 Å². The van der Waals surface area contributed by atoms with Gasteiger partial charge in [-0.3, -0.25) is 9.59 Å². The molecule has 3 aromatic rings. The number of aromatic nitrogens is 2. The molecule has 0 aliphatic heterocycles. The van der Waals surface area contributed by atoms with Gasteiger partial charge >= 0.3 is 0 Å². The van der Waals surface area contributed by atoms with Crippen molar-refractivity contribution in [3.63, 3.8) is 0 Å². The SMILES string of the molecule is COc1ccc(Cc2nc(C(=O)Nc3ccc(OC)c(Cl)c3)cc(=O)[nH]2)cc1. The number of aromatic amines is 1. The third-order valence-corrected chi connectivity index (χ3v) is 4.26. The molecule has 28 heavy (non-hydrogen) atoms. The van der Waals surface area contributed by atoms with Gasteiger partial charge in [-0.2, -0.15) is 0 Å². The van der Waals surface area contributed by atoms with Crippen LogP contribution in [0.1, 0.15) is 21.9 Å². The highest BCUT2D eigenvalue weighted by Crippen LogP contribution is 2.27. The summed E-state index contributed by atoms with van der Waals surface area (Å²) in [4.78, 5) is 31.4. The van der Waals surface area contributed by atoms with Crippen molar-refractivity contribution < 1.29 is 14.3 Å². The Labute approximate surface area is 166 Å². The Hall–Kier alpha value is -3.32. The zero-order chi connectivity index (χ0) is 20.1. The molecular weight excluding hydrogens is 382 g/mol. The second-order valence-electron chi connectivity index (χ2n) is 5.91. The molecule has 0 spiro atoms. The molecule has 3 rings (SSSR count). The lowest BCUT2D eigenvalue weighted by atomic mass is 10.1. The summed E-state index contributed by atoms with van der Waals surface area (Å²) in [5, 5.41) is 3.03. The first-order chi connectivity index (χ1) is 13.5. The average molecular weight is 400 g/mol. The molecule has 0 atom stereocenters. The predicted molar refractivity (Wildman–Crippen MR) is 107 cm³/mol. The quantitative estimate of drug-likeness (QED) is 0.663. The molecule has 2 N–H and O–H groups in total. The summed E-state index contributed by atoms with van der Waals surface area (Å²) in [6.45, 7) is 0. The minimum atomic E-state index is -0.511. The summed E-state index contributed by atoms with van der Waals surface area (Å²) in [6, 6.07) is 13.4. The summed E-state index contributed by atoms with van der Waals surface area (Å²) in [5.74, 6) is 1.10. The lowest BCUT2D eigenvalue weighted by Gasteiger charge is -2.09. The molecular formula is C20H18ClN3O4. The highest BCUT2D eigenvalue weighted by atomic mass is 35.5. The first-order valence-electron chi connectivity index (χ1n) is 8.36. The first-order valence-corrected chi connectivity index (χ1v) is 8.74. The Bertz CT molecular complexity index is 1050. The first kappa shape index (κ1) is 19.4. The standard InChI is InChI=1S/C20H18ClN3O4/c1-27-14-6-3-12(4-7-14)9-18-23-16(11-19(25)24-18)20(26)22-13-5-8-17(28-2)15(21)10-13/h3-8,10-11H,9H2,1-2H3,(H,22,26)(H,23,24,25). The Kier molecular flexibility index (Phi) is 5.96. The third kappa shape index (κ3) is 4.69. The van der Waals surface area contributed by atoms with Crippen LogP contribution >= 0.6 is 11.6 Å². The van der Waals surface area contributed by atoms with Gasteiger partial charge in [0.05, 0.1) is 19.2 Å². The zero-order valence-electron chi connectivity index (χ0n) is 15.3. The number of hydrogen-bond acceptors (Lipinski definition) is 5. The normalized spacial score (nSPS) is 10.4. The van der Waals surface area contributed by atoms with Crippen LogP contribution in [0.4, 0.5) is 5.69 Å². The second-order valence-corrected chi connectivity index (χ2v) is 6.31. The van der Waals surface area contributed by atoms with Crippen molar-refractivity contribution in [3.8, 4) is 11.5 Å². The fourth-order valence-corrected chi connectivity index (χ4v) is 2.84. The van der Waals surface area contributed by atoms with Gasteiger partial charge in [-0.15, -0.1) is 0 Å². The molecule has 1 aromatic heterocycles. The minimum Gasteiger partial charge on any atom is -0.497 e. The molecule has 0 unspecified atom stereocenters. The molecule has 2 aromatic carbocycles. The van der Waals surface area contributed by atoms with Crippen molar-refractivity contribution in [1.82, 2.24) is 9.97 Å². The molecule has 0 bridgehead atoms. The maximum Gasteiger partial charge on any atom is 0.274 e. The molecule has 0 aliphatic carbocycles. The summed E-state index contributed by atoms with van der Waals surface area (Å²) < 4.78 is 10.2. The fraction of sp³-hybridized carbons (Fsp3) is 0.150. The van der Waals surface area contributed by atoms with E-state index in [4.69, 9.17) is 21.1 Å². The molecule has 8 heteroatoms. The lowest BCUT2D eigenvalue weighted by molar-refractivity contribution is 0.102. The van der Waals surface area contributed by atoms with Crippen LogP contribution in [0.3, 0.4) is 0 Å². The number of carbonyl (C=O) groups excluding carboxylic acids is 1. The fourth-order valence-electron chi connectivity index (χ4n) is 2.58. The Balaban J connectivity index is 1.79. The van der Waals surface area contributed by atoms with E-state index in [0.717, 1.165) is 17.4 Å². The van der Waals surface area contributed by atoms with Gasteiger partial charge in [0.1, 0.15) is 23.0 Å². The number of hydrogen-bond donors (Lipinski definition) is 2. The minimum absolute atomic E-state index is 0.0132. The number of anilines is 1. The largest absolute Gasteiger partial charge is 0.497 e. The molecule has 0 saturated carbocycles. The van der Waals surface area contributed by atoms with Crippen LogP contribution in [0.15, 0.2) is 53.3 Å².